The molecule has 0 aliphatic rings. The van der Waals surface area contributed by atoms with Crippen molar-refractivity contribution in [2.24, 2.45) is 0 Å². The monoisotopic (exact) mass is 213 g/mol. The maximum atomic E-state index is 9.11. The minimum absolute atomic E-state index is 0.209. The lowest BCUT2D eigenvalue weighted by molar-refractivity contribution is 0.182. The summed E-state index contributed by atoms with van der Waals surface area (Å²) in [6, 6.07) is 2.54. The molecule has 1 rings (SSSR count). The summed E-state index contributed by atoms with van der Waals surface area (Å²) in [6.07, 6.45) is 0.605. The van der Waals surface area contributed by atoms with Crippen molar-refractivity contribution in [3.05, 3.63) is 21.9 Å². The van der Waals surface area contributed by atoms with E-state index in [4.69, 9.17) is 5.11 Å². The van der Waals surface area contributed by atoms with Gasteiger partial charge in [-0.1, -0.05) is 0 Å². The van der Waals surface area contributed by atoms with E-state index in [2.05, 4.69) is 30.6 Å². The van der Waals surface area contributed by atoms with Gasteiger partial charge >= 0.3 is 0 Å². The first-order valence-electron chi connectivity index (χ1n) is 5.06. The van der Waals surface area contributed by atoms with E-state index in [1.165, 1.54) is 10.4 Å². The first kappa shape index (κ1) is 11.7. The predicted octanol–water partition coefficient (Wildman–Crippen LogP) is 2.48. The van der Waals surface area contributed by atoms with Crippen LogP contribution in [0.2, 0.25) is 0 Å². The summed E-state index contributed by atoms with van der Waals surface area (Å²) >= 11 is 1.79. The highest BCUT2D eigenvalue weighted by atomic mass is 32.1. The maximum absolute atomic E-state index is 9.11. The Hall–Kier alpha value is -0.380. The Morgan fingerprint density at radius 2 is 2.21 bits per heavy atom. The lowest BCUT2D eigenvalue weighted by atomic mass is 10.2. The molecule has 2 nitrogen and oxygen atoms in total. The van der Waals surface area contributed by atoms with Gasteiger partial charge in [-0.05, 0) is 50.7 Å². The number of nitrogens with one attached hydrogen (secondary N) is 1. The van der Waals surface area contributed by atoms with Crippen LogP contribution in [0.15, 0.2) is 11.4 Å². The van der Waals surface area contributed by atoms with Crippen molar-refractivity contribution in [1.82, 2.24) is 5.32 Å². The molecule has 1 heterocycles. The number of hydrogen-bond donors (Lipinski definition) is 2. The molecule has 1 aromatic rings. The Morgan fingerprint density at radius 1 is 1.50 bits per heavy atom. The van der Waals surface area contributed by atoms with Gasteiger partial charge in [0.15, 0.2) is 0 Å². The number of hydrogen-bond acceptors (Lipinski definition) is 3. The van der Waals surface area contributed by atoms with E-state index in [1.54, 1.807) is 11.3 Å². The quantitative estimate of drug-likeness (QED) is 0.787. The van der Waals surface area contributed by atoms with Gasteiger partial charge in [0, 0.05) is 10.9 Å². The van der Waals surface area contributed by atoms with Crippen LogP contribution in [0.4, 0.5) is 0 Å². The van der Waals surface area contributed by atoms with Gasteiger partial charge in [0.1, 0.15) is 0 Å². The van der Waals surface area contributed by atoms with Crippen LogP contribution in [0, 0.1) is 6.92 Å². The van der Waals surface area contributed by atoms with Gasteiger partial charge in [0.25, 0.3) is 0 Å². The Labute approximate surface area is 90.0 Å². The fourth-order valence-electron chi connectivity index (χ4n) is 1.43. The average molecular weight is 213 g/mol. The van der Waals surface area contributed by atoms with Crippen LogP contribution in [-0.2, 0) is 0 Å². The van der Waals surface area contributed by atoms with Crippen LogP contribution in [-0.4, -0.2) is 17.8 Å². The molecule has 0 spiro atoms. The van der Waals surface area contributed by atoms with Crippen LogP contribution in [0.3, 0.4) is 0 Å². The fourth-order valence-corrected chi connectivity index (χ4v) is 2.39. The van der Waals surface area contributed by atoms with Crippen molar-refractivity contribution in [3.63, 3.8) is 0 Å². The molecule has 0 radical (unpaired) electrons. The van der Waals surface area contributed by atoms with Gasteiger partial charge < -0.3 is 10.4 Å². The van der Waals surface area contributed by atoms with E-state index in [9.17, 15) is 0 Å². The summed E-state index contributed by atoms with van der Waals surface area (Å²) in [5.41, 5.74) is 1.35. The zero-order chi connectivity index (χ0) is 10.6. The highest BCUT2D eigenvalue weighted by Crippen LogP contribution is 2.23. The van der Waals surface area contributed by atoms with E-state index in [1.807, 2.05) is 6.92 Å². The van der Waals surface area contributed by atoms with Crippen molar-refractivity contribution in [2.45, 2.75) is 39.3 Å². The lowest BCUT2D eigenvalue weighted by Crippen LogP contribution is -2.22. The number of rotatable bonds is 5. The van der Waals surface area contributed by atoms with E-state index < -0.39 is 0 Å². The van der Waals surface area contributed by atoms with E-state index >= 15 is 0 Å². The van der Waals surface area contributed by atoms with Gasteiger partial charge in [-0.2, -0.15) is 0 Å². The summed E-state index contributed by atoms with van der Waals surface area (Å²) in [7, 11) is 0. The molecule has 80 valence electrons. The molecular formula is C11H19NOS. The van der Waals surface area contributed by atoms with Crippen molar-refractivity contribution in [2.75, 3.05) is 6.54 Å². The summed E-state index contributed by atoms with van der Waals surface area (Å²) < 4.78 is 0. The van der Waals surface area contributed by atoms with Crippen LogP contribution in [0.1, 0.15) is 36.8 Å². The molecule has 14 heavy (non-hydrogen) atoms. The summed E-state index contributed by atoms with van der Waals surface area (Å²) in [5.74, 6) is 0. The largest absolute Gasteiger partial charge is 0.393 e. The second-order valence-corrected chi connectivity index (χ2v) is 4.73. The third-order valence-electron chi connectivity index (χ3n) is 2.31. The first-order valence-corrected chi connectivity index (χ1v) is 5.94. The van der Waals surface area contributed by atoms with E-state index in [0.717, 1.165) is 13.0 Å². The molecule has 0 aromatic carbocycles. The van der Waals surface area contributed by atoms with Crippen molar-refractivity contribution in [1.29, 1.82) is 0 Å². The lowest BCUT2D eigenvalue weighted by Gasteiger charge is -2.14. The Morgan fingerprint density at radius 3 is 2.71 bits per heavy atom. The number of aliphatic hydroxyl groups excluding tert-OH is 1. The Balaban J connectivity index is 2.36. The Bertz CT molecular complexity index is 270. The minimum atomic E-state index is -0.209. The summed E-state index contributed by atoms with van der Waals surface area (Å²) in [5, 5.41) is 14.6. The van der Waals surface area contributed by atoms with Gasteiger partial charge in [-0.3, -0.25) is 0 Å². The second-order valence-electron chi connectivity index (χ2n) is 3.78. The maximum Gasteiger partial charge on any atom is 0.0524 e. The number of aryl methyl sites for hydroxylation is 1. The van der Waals surface area contributed by atoms with Crippen LogP contribution in [0.25, 0.3) is 0 Å². The molecule has 0 amide bonds. The van der Waals surface area contributed by atoms with Crippen LogP contribution >= 0.6 is 11.3 Å². The topological polar surface area (TPSA) is 32.3 Å². The molecule has 0 bridgehead atoms. The average Bonchev–Trinajstić information content (AvgIpc) is 2.50. The third-order valence-corrected chi connectivity index (χ3v) is 3.51. The van der Waals surface area contributed by atoms with Crippen LogP contribution in [0.5, 0.6) is 0 Å². The SMILES string of the molecule is Cc1ccsc1[C@@H](C)NCC[C@@H](C)O. The molecule has 1 aromatic heterocycles. The smallest absolute Gasteiger partial charge is 0.0524 e. The standard InChI is InChI=1S/C11H19NOS/c1-8-5-7-14-11(8)10(3)12-6-4-9(2)13/h5,7,9-10,12-13H,4,6H2,1-3H3/t9-,10-/m1/s1. The zero-order valence-corrected chi connectivity index (χ0v) is 9.90. The minimum Gasteiger partial charge on any atom is -0.393 e. The highest BCUT2D eigenvalue weighted by molar-refractivity contribution is 7.10. The first-order chi connectivity index (χ1) is 6.61. The fraction of sp³-hybridized carbons (Fsp3) is 0.636. The van der Waals surface area contributed by atoms with E-state index in [0.29, 0.717) is 6.04 Å². The number of aliphatic hydroxyl groups is 1. The molecule has 2 atom stereocenters. The molecule has 0 fully saturated rings. The predicted molar refractivity (Wildman–Crippen MR) is 61.8 cm³/mol. The van der Waals surface area contributed by atoms with Crippen molar-refractivity contribution >= 4 is 11.3 Å². The van der Waals surface area contributed by atoms with Gasteiger partial charge in [0.05, 0.1) is 6.10 Å². The summed E-state index contributed by atoms with van der Waals surface area (Å²) in [4.78, 5) is 1.40. The van der Waals surface area contributed by atoms with Crippen molar-refractivity contribution < 1.29 is 5.11 Å². The van der Waals surface area contributed by atoms with Gasteiger partial charge in [-0.15, -0.1) is 11.3 Å². The molecule has 3 heteroatoms. The number of thiophene rings is 1. The third kappa shape index (κ3) is 3.40. The van der Waals surface area contributed by atoms with Gasteiger partial charge in [0.2, 0.25) is 0 Å². The highest BCUT2D eigenvalue weighted by Gasteiger charge is 2.08. The molecule has 0 saturated carbocycles. The molecular weight excluding hydrogens is 194 g/mol. The summed E-state index contributed by atoms with van der Waals surface area (Å²) in [6.45, 7) is 7.00. The molecule has 0 unspecified atom stereocenters. The molecule has 0 aliphatic carbocycles. The van der Waals surface area contributed by atoms with E-state index in [-0.39, 0.29) is 6.10 Å². The molecule has 2 N–H and O–H groups in total. The Kier molecular flexibility index (Phi) is 4.58. The second kappa shape index (κ2) is 5.49. The zero-order valence-electron chi connectivity index (χ0n) is 9.08. The van der Waals surface area contributed by atoms with Crippen molar-refractivity contribution in [3.8, 4) is 0 Å². The van der Waals surface area contributed by atoms with Crippen LogP contribution < -0.4 is 5.32 Å². The molecule has 0 saturated heterocycles. The van der Waals surface area contributed by atoms with Gasteiger partial charge in [-0.25, -0.2) is 0 Å². The molecule has 0 aliphatic heterocycles. The normalized spacial score (nSPS) is 15.4.